The Morgan fingerprint density at radius 2 is 2.17 bits per heavy atom. The Kier molecular flexibility index (Phi) is 3.38. The van der Waals surface area contributed by atoms with Crippen LogP contribution in [0.3, 0.4) is 0 Å². The number of carboxylic acid groups (broad SMARTS) is 1. The molecule has 0 atom stereocenters. The molecule has 0 spiro atoms. The number of carbonyl (C=O) groups is 1. The summed E-state index contributed by atoms with van der Waals surface area (Å²) >= 11 is 1.57. The van der Waals surface area contributed by atoms with Crippen LogP contribution < -0.4 is 0 Å². The minimum absolute atomic E-state index is 0.0299. The zero-order valence-corrected chi connectivity index (χ0v) is 11.6. The van der Waals surface area contributed by atoms with Gasteiger partial charge in [0.1, 0.15) is 5.82 Å². The molecule has 2 aromatic heterocycles. The number of aromatic nitrogens is 3. The maximum absolute atomic E-state index is 10.5. The van der Waals surface area contributed by atoms with Crippen LogP contribution in [0.2, 0.25) is 0 Å². The lowest BCUT2D eigenvalue weighted by atomic mass is 9.93. The molecular formula is C12H17N3O2S. The number of aliphatic carboxylic acids is 1. The third-order valence-corrected chi connectivity index (χ3v) is 3.59. The number of carboxylic acids is 1. The predicted octanol–water partition coefficient (Wildman–Crippen LogP) is 2.50. The van der Waals surface area contributed by atoms with Gasteiger partial charge in [-0.1, -0.05) is 20.8 Å². The molecule has 0 aromatic carbocycles. The van der Waals surface area contributed by atoms with Crippen LogP contribution in [0.5, 0.6) is 0 Å². The largest absolute Gasteiger partial charge is 0.481 e. The first-order valence-electron chi connectivity index (χ1n) is 5.93. The monoisotopic (exact) mass is 267 g/mol. The smallest absolute Gasteiger partial charge is 0.303 e. The summed E-state index contributed by atoms with van der Waals surface area (Å²) in [7, 11) is 0. The highest BCUT2D eigenvalue weighted by Crippen LogP contribution is 2.28. The molecule has 2 rings (SSSR count). The Bertz CT molecular complexity index is 565. The number of rotatable bonds is 4. The van der Waals surface area contributed by atoms with Gasteiger partial charge in [0.25, 0.3) is 0 Å². The number of hydrogen-bond donors (Lipinski definition) is 1. The first-order chi connectivity index (χ1) is 8.39. The molecule has 0 radical (unpaired) electrons. The van der Waals surface area contributed by atoms with E-state index in [0.717, 1.165) is 10.8 Å². The van der Waals surface area contributed by atoms with Crippen molar-refractivity contribution < 1.29 is 9.90 Å². The minimum atomic E-state index is -0.767. The molecular weight excluding hydrogens is 250 g/mol. The Labute approximate surface area is 109 Å². The van der Waals surface area contributed by atoms with E-state index in [1.54, 1.807) is 11.3 Å². The lowest BCUT2D eigenvalue weighted by molar-refractivity contribution is -0.137. The van der Waals surface area contributed by atoms with Crippen molar-refractivity contribution in [3.8, 4) is 0 Å². The van der Waals surface area contributed by atoms with Crippen LogP contribution in [0.15, 0.2) is 5.38 Å². The Hall–Kier alpha value is -1.43. The van der Waals surface area contributed by atoms with Gasteiger partial charge in [-0.25, -0.2) is 0 Å². The summed E-state index contributed by atoms with van der Waals surface area (Å²) in [6.07, 6.45) is 1.41. The van der Waals surface area contributed by atoms with Gasteiger partial charge in [0, 0.05) is 29.3 Å². The summed E-state index contributed by atoms with van der Waals surface area (Å²) < 4.78 is 2.06. The van der Waals surface area contributed by atoms with E-state index in [2.05, 4.69) is 40.7 Å². The summed E-state index contributed by atoms with van der Waals surface area (Å²) in [6.45, 7) is 6.45. The Balaban J connectivity index is 2.28. The van der Waals surface area contributed by atoms with Crippen LogP contribution in [-0.4, -0.2) is 25.7 Å². The van der Waals surface area contributed by atoms with E-state index in [4.69, 9.17) is 5.11 Å². The van der Waals surface area contributed by atoms with Crippen LogP contribution in [0.1, 0.15) is 45.1 Å². The maximum Gasteiger partial charge on any atom is 0.303 e. The fourth-order valence-corrected chi connectivity index (χ4v) is 2.92. The topological polar surface area (TPSA) is 67.5 Å². The molecule has 0 bridgehead atoms. The van der Waals surface area contributed by atoms with E-state index in [9.17, 15) is 4.79 Å². The SMILES string of the molecule is CC(C)(C)c1csc2nnc(CCCC(=O)O)n12. The van der Waals surface area contributed by atoms with Crippen molar-refractivity contribution in [2.75, 3.05) is 0 Å². The van der Waals surface area contributed by atoms with Crippen LogP contribution in [0.25, 0.3) is 4.96 Å². The number of hydrogen-bond acceptors (Lipinski definition) is 4. The van der Waals surface area contributed by atoms with Gasteiger partial charge in [0.05, 0.1) is 0 Å². The molecule has 0 aliphatic carbocycles. The minimum Gasteiger partial charge on any atom is -0.481 e. The highest BCUT2D eigenvalue weighted by Gasteiger charge is 2.21. The zero-order chi connectivity index (χ0) is 13.3. The fraction of sp³-hybridized carbons (Fsp3) is 0.583. The first-order valence-corrected chi connectivity index (χ1v) is 6.81. The number of fused-ring (bicyclic) bond motifs is 1. The average molecular weight is 267 g/mol. The predicted molar refractivity (Wildman–Crippen MR) is 70.1 cm³/mol. The van der Waals surface area contributed by atoms with Gasteiger partial charge >= 0.3 is 5.97 Å². The standard InChI is InChI=1S/C12H17N3O2S/c1-12(2,3)8-7-18-11-14-13-9(15(8)11)5-4-6-10(16)17/h7H,4-6H2,1-3H3,(H,16,17). The fourth-order valence-electron chi connectivity index (χ4n) is 1.85. The van der Waals surface area contributed by atoms with E-state index < -0.39 is 5.97 Å². The third-order valence-electron chi connectivity index (χ3n) is 2.78. The second kappa shape index (κ2) is 4.68. The molecule has 1 N–H and O–H groups in total. The average Bonchev–Trinajstić information content (AvgIpc) is 2.78. The van der Waals surface area contributed by atoms with E-state index in [0.29, 0.717) is 12.8 Å². The molecule has 18 heavy (non-hydrogen) atoms. The molecule has 98 valence electrons. The molecule has 6 heteroatoms. The van der Waals surface area contributed by atoms with Gasteiger partial charge in [0.2, 0.25) is 4.96 Å². The lowest BCUT2D eigenvalue weighted by Crippen LogP contribution is -2.15. The van der Waals surface area contributed by atoms with Crippen molar-refractivity contribution in [2.24, 2.45) is 0 Å². The summed E-state index contributed by atoms with van der Waals surface area (Å²) in [5, 5.41) is 19.1. The van der Waals surface area contributed by atoms with Crippen LogP contribution in [0.4, 0.5) is 0 Å². The van der Waals surface area contributed by atoms with Gasteiger partial charge in [-0.2, -0.15) is 0 Å². The molecule has 0 fully saturated rings. The highest BCUT2D eigenvalue weighted by molar-refractivity contribution is 7.15. The van der Waals surface area contributed by atoms with Crippen molar-refractivity contribution >= 4 is 22.3 Å². The van der Waals surface area contributed by atoms with Crippen LogP contribution in [-0.2, 0) is 16.6 Å². The number of nitrogens with zero attached hydrogens (tertiary/aromatic N) is 3. The molecule has 0 aliphatic rings. The van der Waals surface area contributed by atoms with Crippen molar-refractivity contribution in [3.63, 3.8) is 0 Å². The normalized spacial score (nSPS) is 12.2. The first kappa shape index (κ1) is 13.0. The maximum atomic E-state index is 10.5. The van der Waals surface area contributed by atoms with E-state index in [1.807, 2.05) is 0 Å². The zero-order valence-electron chi connectivity index (χ0n) is 10.8. The van der Waals surface area contributed by atoms with Crippen molar-refractivity contribution in [1.29, 1.82) is 0 Å². The molecule has 2 aromatic rings. The van der Waals surface area contributed by atoms with Gasteiger partial charge in [-0.05, 0) is 6.42 Å². The number of thiazole rings is 1. The van der Waals surface area contributed by atoms with Gasteiger partial charge in [0.15, 0.2) is 0 Å². The van der Waals surface area contributed by atoms with Gasteiger partial charge in [-0.15, -0.1) is 21.5 Å². The quantitative estimate of drug-likeness (QED) is 0.924. The summed E-state index contributed by atoms with van der Waals surface area (Å²) in [5.41, 5.74) is 1.21. The third kappa shape index (κ3) is 2.53. The summed E-state index contributed by atoms with van der Waals surface area (Å²) in [4.78, 5) is 11.4. The van der Waals surface area contributed by atoms with E-state index >= 15 is 0 Å². The van der Waals surface area contributed by atoms with E-state index in [1.165, 1.54) is 5.69 Å². The lowest BCUT2D eigenvalue weighted by Gasteiger charge is -2.17. The van der Waals surface area contributed by atoms with Gasteiger partial charge in [-0.3, -0.25) is 9.20 Å². The molecule has 0 saturated carbocycles. The second-order valence-electron chi connectivity index (χ2n) is 5.35. The summed E-state index contributed by atoms with van der Waals surface area (Å²) in [5.74, 6) is 0.0922. The van der Waals surface area contributed by atoms with Crippen LogP contribution >= 0.6 is 11.3 Å². The molecule has 0 saturated heterocycles. The molecule has 5 nitrogen and oxygen atoms in total. The van der Waals surface area contributed by atoms with Crippen LogP contribution in [0, 0.1) is 0 Å². The molecule has 2 heterocycles. The Morgan fingerprint density at radius 1 is 1.44 bits per heavy atom. The second-order valence-corrected chi connectivity index (χ2v) is 6.19. The van der Waals surface area contributed by atoms with Gasteiger partial charge < -0.3 is 5.11 Å². The highest BCUT2D eigenvalue weighted by atomic mass is 32.1. The summed E-state index contributed by atoms with van der Waals surface area (Å²) in [6, 6.07) is 0. The van der Waals surface area contributed by atoms with E-state index in [-0.39, 0.29) is 11.8 Å². The molecule has 0 amide bonds. The number of aryl methyl sites for hydroxylation is 1. The van der Waals surface area contributed by atoms with Crippen molar-refractivity contribution in [2.45, 2.75) is 45.4 Å². The molecule has 0 aliphatic heterocycles. The Morgan fingerprint density at radius 3 is 2.78 bits per heavy atom. The van der Waals surface area contributed by atoms with Crippen molar-refractivity contribution in [1.82, 2.24) is 14.6 Å². The van der Waals surface area contributed by atoms with Crippen molar-refractivity contribution in [3.05, 3.63) is 16.9 Å². The molecule has 0 unspecified atom stereocenters.